The van der Waals surface area contributed by atoms with Gasteiger partial charge in [-0.15, -0.1) is 0 Å². The van der Waals surface area contributed by atoms with Crippen LogP contribution in [-0.4, -0.2) is 23.9 Å². The summed E-state index contributed by atoms with van der Waals surface area (Å²) in [6, 6.07) is 4.72. The van der Waals surface area contributed by atoms with E-state index < -0.39 is 6.10 Å². The van der Waals surface area contributed by atoms with Crippen molar-refractivity contribution in [3.05, 3.63) is 34.1 Å². The smallest absolute Gasteiger partial charge is 0.124 e. The zero-order valence-corrected chi connectivity index (χ0v) is 11.3. The van der Waals surface area contributed by atoms with E-state index in [9.17, 15) is 9.50 Å². The lowest BCUT2D eigenvalue weighted by Gasteiger charge is -2.16. The molecule has 2 nitrogen and oxygen atoms in total. The molecule has 0 aliphatic carbocycles. The molecule has 4 heteroatoms. The fraction of sp³-hybridized carbons (Fsp3) is 0.538. The quantitative estimate of drug-likeness (QED) is 0.930. The normalized spacial score (nSPS) is 26.1. The highest BCUT2D eigenvalue weighted by Crippen LogP contribution is 2.25. The van der Waals surface area contributed by atoms with Gasteiger partial charge in [-0.3, -0.25) is 0 Å². The van der Waals surface area contributed by atoms with Crippen LogP contribution in [-0.2, 0) is 11.2 Å². The first-order valence-corrected chi connectivity index (χ1v) is 6.58. The topological polar surface area (TPSA) is 29.5 Å². The molecule has 3 unspecified atom stereocenters. The second kappa shape index (κ2) is 5.46. The first-order chi connectivity index (χ1) is 8.04. The number of aliphatic hydroxyl groups excluding tert-OH is 1. The Labute approximate surface area is 109 Å². The van der Waals surface area contributed by atoms with Crippen molar-refractivity contribution in [1.82, 2.24) is 0 Å². The second-order valence-electron chi connectivity index (χ2n) is 4.69. The summed E-state index contributed by atoms with van der Waals surface area (Å²) in [7, 11) is 0. The van der Waals surface area contributed by atoms with Gasteiger partial charge in [0, 0.05) is 10.4 Å². The zero-order chi connectivity index (χ0) is 12.4. The van der Waals surface area contributed by atoms with Crippen LogP contribution in [0.2, 0.25) is 0 Å². The third kappa shape index (κ3) is 3.50. The van der Waals surface area contributed by atoms with E-state index in [0.717, 1.165) is 12.0 Å². The fourth-order valence-corrected chi connectivity index (χ4v) is 2.77. The summed E-state index contributed by atoms with van der Waals surface area (Å²) < 4.78 is 19.3. The van der Waals surface area contributed by atoms with Crippen molar-refractivity contribution in [3.8, 4) is 0 Å². The summed E-state index contributed by atoms with van der Waals surface area (Å²) in [5.74, 6) is -0.121. The summed E-state index contributed by atoms with van der Waals surface area (Å²) in [4.78, 5) is 0. The van der Waals surface area contributed by atoms with Crippen LogP contribution >= 0.6 is 15.9 Å². The van der Waals surface area contributed by atoms with Gasteiger partial charge in [0.25, 0.3) is 0 Å². The molecule has 1 aliphatic rings. The first kappa shape index (κ1) is 13.0. The van der Waals surface area contributed by atoms with E-state index in [4.69, 9.17) is 4.74 Å². The van der Waals surface area contributed by atoms with Gasteiger partial charge in [0.15, 0.2) is 0 Å². The van der Waals surface area contributed by atoms with Crippen LogP contribution in [0, 0.1) is 11.7 Å². The lowest BCUT2D eigenvalue weighted by molar-refractivity contribution is 0.0806. The molecule has 0 radical (unpaired) electrons. The van der Waals surface area contributed by atoms with Crippen LogP contribution in [0.25, 0.3) is 0 Å². The molecule has 94 valence electrons. The van der Waals surface area contributed by atoms with Gasteiger partial charge in [-0.1, -0.05) is 15.9 Å². The van der Waals surface area contributed by atoms with Crippen molar-refractivity contribution >= 4 is 15.9 Å². The molecule has 1 saturated heterocycles. The molecule has 1 fully saturated rings. The molecule has 1 N–H and O–H groups in total. The fourth-order valence-electron chi connectivity index (χ4n) is 2.26. The molecule has 0 amide bonds. The van der Waals surface area contributed by atoms with Gasteiger partial charge in [0.2, 0.25) is 0 Å². The molecule has 2 rings (SSSR count). The number of aliphatic hydroxyl groups is 1. The van der Waals surface area contributed by atoms with E-state index >= 15 is 0 Å². The Balaban J connectivity index is 2.00. The molecule has 1 aromatic rings. The molecule has 3 atom stereocenters. The first-order valence-electron chi connectivity index (χ1n) is 5.79. The minimum atomic E-state index is -0.464. The summed E-state index contributed by atoms with van der Waals surface area (Å²) >= 11 is 3.25. The molecular weight excluding hydrogens is 287 g/mol. The van der Waals surface area contributed by atoms with E-state index in [1.54, 1.807) is 0 Å². The molecular formula is C13H16BrFO2. The zero-order valence-electron chi connectivity index (χ0n) is 9.70. The van der Waals surface area contributed by atoms with Gasteiger partial charge in [-0.25, -0.2) is 4.39 Å². The Morgan fingerprint density at radius 2 is 2.29 bits per heavy atom. The number of hydrogen-bond acceptors (Lipinski definition) is 2. The summed E-state index contributed by atoms with van der Waals surface area (Å²) in [5, 5.41) is 10.1. The molecule has 0 saturated carbocycles. The summed E-state index contributed by atoms with van der Waals surface area (Å²) in [5.41, 5.74) is 0.809. The van der Waals surface area contributed by atoms with E-state index in [0.29, 0.717) is 17.5 Å². The molecule has 0 aromatic heterocycles. The number of benzene rings is 1. The monoisotopic (exact) mass is 302 g/mol. The molecule has 17 heavy (non-hydrogen) atoms. The third-order valence-corrected chi connectivity index (χ3v) is 3.60. The van der Waals surface area contributed by atoms with Gasteiger partial charge < -0.3 is 9.84 Å². The lowest BCUT2D eigenvalue weighted by Crippen LogP contribution is -2.23. The standard InChI is InChI=1S/C13H16BrFO2/c1-8-2-10(7-17-8)13(16)5-9-3-11(14)6-12(15)4-9/h3-4,6,8,10,13,16H,2,5,7H2,1H3. The minimum Gasteiger partial charge on any atom is -0.392 e. The lowest BCUT2D eigenvalue weighted by atomic mass is 9.94. The van der Waals surface area contributed by atoms with E-state index in [1.807, 2.05) is 13.0 Å². The molecule has 1 aliphatic heterocycles. The number of rotatable bonds is 3. The highest BCUT2D eigenvalue weighted by molar-refractivity contribution is 9.10. The molecule has 0 spiro atoms. The number of hydrogen-bond donors (Lipinski definition) is 1. The van der Waals surface area contributed by atoms with Crippen molar-refractivity contribution in [2.75, 3.05) is 6.61 Å². The van der Waals surface area contributed by atoms with Crippen molar-refractivity contribution in [1.29, 1.82) is 0 Å². The predicted molar refractivity (Wildman–Crippen MR) is 67.3 cm³/mol. The highest BCUT2D eigenvalue weighted by Gasteiger charge is 2.28. The van der Waals surface area contributed by atoms with Gasteiger partial charge in [-0.2, -0.15) is 0 Å². The van der Waals surface area contributed by atoms with E-state index in [1.165, 1.54) is 12.1 Å². The Hall–Kier alpha value is -0.450. The largest absolute Gasteiger partial charge is 0.392 e. The van der Waals surface area contributed by atoms with Crippen LogP contribution in [0.5, 0.6) is 0 Å². The SMILES string of the molecule is CC1CC(C(O)Cc2cc(F)cc(Br)c2)CO1. The van der Waals surface area contributed by atoms with Crippen molar-refractivity contribution in [2.24, 2.45) is 5.92 Å². The van der Waals surface area contributed by atoms with Crippen LogP contribution < -0.4 is 0 Å². The van der Waals surface area contributed by atoms with Crippen LogP contribution in [0.3, 0.4) is 0 Å². The second-order valence-corrected chi connectivity index (χ2v) is 5.60. The Bertz CT molecular complexity index is 377. The highest BCUT2D eigenvalue weighted by atomic mass is 79.9. The molecule has 1 aromatic carbocycles. The maximum atomic E-state index is 13.2. The van der Waals surface area contributed by atoms with Crippen molar-refractivity contribution in [2.45, 2.75) is 32.0 Å². The molecule has 1 heterocycles. The maximum Gasteiger partial charge on any atom is 0.124 e. The van der Waals surface area contributed by atoms with Crippen LogP contribution in [0.4, 0.5) is 4.39 Å². The average molecular weight is 303 g/mol. The van der Waals surface area contributed by atoms with Gasteiger partial charge in [0.1, 0.15) is 5.82 Å². The summed E-state index contributed by atoms with van der Waals surface area (Å²) in [6.45, 7) is 2.60. The van der Waals surface area contributed by atoms with Gasteiger partial charge in [0.05, 0.1) is 18.8 Å². The van der Waals surface area contributed by atoms with Crippen molar-refractivity contribution < 1.29 is 14.2 Å². The Kier molecular flexibility index (Phi) is 4.17. The number of ether oxygens (including phenoxy) is 1. The third-order valence-electron chi connectivity index (χ3n) is 3.14. The van der Waals surface area contributed by atoms with Gasteiger partial charge in [-0.05, 0) is 43.5 Å². The molecule has 0 bridgehead atoms. The average Bonchev–Trinajstić information content (AvgIpc) is 2.63. The Morgan fingerprint density at radius 3 is 2.88 bits per heavy atom. The number of halogens is 2. The van der Waals surface area contributed by atoms with Crippen molar-refractivity contribution in [3.63, 3.8) is 0 Å². The van der Waals surface area contributed by atoms with Crippen LogP contribution in [0.15, 0.2) is 22.7 Å². The van der Waals surface area contributed by atoms with E-state index in [-0.39, 0.29) is 17.8 Å². The Morgan fingerprint density at radius 1 is 1.53 bits per heavy atom. The van der Waals surface area contributed by atoms with E-state index in [2.05, 4.69) is 15.9 Å². The predicted octanol–water partition coefficient (Wildman–Crippen LogP) is 2.92. The maximum absolute atomic E-state index is 13.2. The summed E-state index contributed by atoms with van der Waals surface area (Å²) in [6.07, 6.45) is 1.09. The van der Waals surface area contributed by atoms with Crippen LogP contribution in [0.1, 0.15) is 18.9 Å². The minimum absolute atomic E-state index is 0.159. The van der Waals surface area contributed by atoms with Gasteiger partial charge >= 0.3 is 0 Å².